The quantitative estimate of drug-likeness (QED) is 0.786. The Balaban J connectivity index is 2.17. The highest BCUT2D eigenvalue weighted by molar-refractivity contribution is 6.32. The number of ether oxygens (including phenoxy) is 1. The van der Waals surface area contributed by atoms with Crippen LogP contribution in [0, 0.1) is 12.7 Å². The summed E-state index contributed by atoms with van der Waals surface area (Å²) in [6.07, 6.45) is 0. The van der Waals surface area contributed by atoms with Gasteiger partial charge < -0.3 is 4.74 Å². The highest BCUT2D eigenvalue weighted by Crippen LogP contribution is 2.31. The number of hydrogen-bond acceptors (Lipinski definition) is 1. The molecule has 2 rings (SSSR count). The molecule has 3 heteroatoms. The van der Waals surface area contributed by atoms with E-state index in [0.29, 0.717) is 11.6 Å². The van der Waals surface area contributed by atoms with Crippen LogP contribution in [0.5, 0.6) is 5.75 Å². The lowest BCUT2D eigenvalue weighted by Crippen LogP contribution is -1.98. The normalized spacial score (nSPS) is 10.3. The van der Waals surface area contributed by atoms with Crippen molar-refractivity contribution >= 4 is 11.6 Å². The summed E-state index contributed by atoms with van der Waals surface area (Å²) in [5.41, 5.74) is 1.78. The van der Waals surface area contributed by atoms with E-state index >= 15 is 0 Å². The van der Waals surface area contributed by atoms with Crippen molar-refractivity contribution in [3.05, 3.63) is 64.4 Å². The van der Waals surface area contributed by atoms with E-state index in [9.17, 15) is 4.39 Å². The molecule has 0 saturated heterocycles. The van der Waals surface area contributed by atoms with Crippen LogP contribution in [0.2, 0.25) is 5.02 Å². The van der Waals surface area contributed by atoms with Crippen LogP contribution in [0.4, 0.5) is 4.39 Å². The monoisotopic (exact) mass is 250 g/mol. The molecule has 0 N–H and O–H groups in total. The Morgan fingerprint density at radius 1 is 1.12 bits per heavy atom. The van der Waals surface area contributed by atoms with Crippen LogP contribution in [0.3, 0.4) is 0 Å². The van der Waals surface area contributed by atoms with Gasteiger partial charge in [0.2, 0.25) is 0 Å². The summed E-state index contributed by atoms with van der Waals surface area (Å²) in [4.78, 5) is 0. The second-order valence-electron chi connectivity index (χ2n) is 3.78. The van der Waals surface area contributed by atoms with Gasteiger partial charge in [-0.25, -0.2) is 4.39 Å². The average molecular weight is 251 g/mol. The molecule has 0 aliphatic heterocycles. The molecule has 0 unspecified atom stereocenters. The van der Waals surface area contributed by atoms with Gasteiger partial charge >= 0.3 is 0 Å². The molecular weight excluding hydrogens is 239 g/mol. The Labute approximate surface area is 105 Å². The van der Waals surface area contributed by atoms with Gasteiger partial charge in [-0.3, -0.25) is 0 Å². The molecule has 88 valence electrons. The number of benzene rings is 2. The molecular formula is C14H12ClFO. The third-order valence-electron chi connectivity index (χ3n) is 2.47. The maximum atomic E-state index is 13.5. The zero-order chi connectivity index (χ0) is 12.3. The van der Waals surface area contributed by atoms with Crippen molar-refractivity contribution in [1.82, 2.24) is 0 Å². The van der Waals surface area contributed by atoms with Crippen LogP contribution in [0.25, 0.3) is 0 Å². The van der Waals surface area contributed by atoms with Crippen LogP contribution < -0.4 is 4.74 Å². The van der Waals surface area contributed by atoms with Crippen LogP contribution in [0.1, 0.15) is 11.1 Å². The minimum absolute atomic E-state index is 0.121. The first-order chi connectivity index (χ1) is 8.18. The van der Waals surface area contributed by atoms with Crippen LogP contribution in [0.15, 0.2) is 42.5 Å². The lowest BCUT2D eigenvalue weighted by molar-refractivity contribution is 0.290. The largest absolute Gasteiger partial charge is 0.484 e. The second-order valence-corrected chi connectivity index (χ2v) is 4.16. The molecule has 17 heavy (non-hydrogen) atoms. The summed E-state index contributed by atoms with van der Waals surface area (Å²) in [7, 11) is 0. The number of halogens is 2. The van der Waals surface area contributed by atoms with Crippen molar-refractivity contribution in [2.24, 2.45) is 0 Å². The second kappa shape index (κ2) is 5.19. The molecule has 0 fully saturated rings. The number of rotatable bonds is 3. The first-order valence-corrected chi connectivity index (χ1v) is 5.67. The van der Waals surface area contributed by atoms with Crippen molar-refractivity contribution in [2.75, 3.05) is 0 Å². The Morgan fingerprint density at radius 2 is 1.82 bits per heavy atom. The first kappa shape index (κ1) is 11.9. The molecule has 1 nitrogen and oxygen atoms in total. The fraction of sp³-hybridized carbons (Fsp3) is 0.143. The van der Waals surface area contributed by atoms with Crippen molar-refractivity contribution in [2.45, 2.75) is 13.5 Å². The standard InChI is InChI=1S/C14H12ClFO/c1-10-7-8-12(16)14(13(10)15)17-9-11-5-3-2-4-6-11/h2-8H,9H2,1H3. The van der Waals surface area contributed by atoms with Gasteiger partial charge in [0.1, 0.15) is 6.61 Å². The van der Waals surface area contributed by atoms with Gasteiger partial charge in [-0.05, 0) is 24.1 Å². The number of hydrogen-bond donors (Lipinski definition) is 0. The zero-order valence-electron chi connectivity index (χ0n) is 9.41. The van der Waals surface area contributed by atoms with Gasteiger partial charge in [-0.1, -0.05) is 48.0 Å². The molecule has 2 aromatic rings. The van der Waals surface area contributed by atoms with E-state index in [0.717, 1.165) is 11.1 Å². The lowest BCUT2D eigenvalue weighted by Gasteiger charge is -2.10. The van der Waals surface area contributed by atoms with Crippen molar-refractivity contribution in [3.8, 4) is 5.75 Å². The Kier molecular flexibility index (Phi) is 3.64. The van der Waals surface area contributed by atoms with Gasteiger partial charge in [0.15, 0.2) is 11.6 Å². The van der Waals surface area contributed by atoms with E-state index in [4.69, 9.17) is 16.3 Å². The molecule has 0 aliphatic carbocycles. The summed E-state index contributed by atoms with van der Waals surface area (Å²) in [6.45, 7) is 2.12. The summed E-state index contributed by atoms with van der Waals surface area (Å²) in [5, 5.41) is 0.334. The molecule has 0 spiro atoms. The molecule has 0 radical (unpaired) electrons. The van der Waals surface area contributed by atoms with Gasteiger partial charge in [0.05, 0.1) is 5.02 Å². The lowest BCUT2D eigenvalue weighted by atomic mass is 10.2. The van der Waals surface area contributed by atoms with Crippen LogP contribution in [-0.2, 0) is 6.61 Å². The summed E-state index contributed by atoms with van der Waals surface area (Å²) < 4.78 is 19.0. The average Bonchev–Trinajstić information content (AvgIpc) is 2.35. The topological polar surface area (TPSA) is 9.23 Å². The van der Waals surface area contributed by atoms with Crippen molar-refractivity contribution in [1.29, 1.82) is 0 Å². The highest BCUT2D eigenvalue weighted by atomic mass is 35.5. The van der Waals surface area contributed by atoms with E-state index in [1.807, 2.05) is 37.3 Å². The fourth-order valence-corrected chi connectivity index (χ4v) is 1.70. The summed E-state index contributed by atoms with van der Waals surface area (Å²) in [5.74, 6) is -0.313. The molecule has 0 bridgehead atoms. The van der Waals surface area contributed by atoms with Crippen LogP contribution >= 0.6 is 11.6 Å². The minimum atomic E-state index is -0.434. The van der Waals surface area contributed by atoms with Crippen molar-refractivity contribution in [3.63, 3.8) is 0 Å². The molecule has 0 amide bonds. The maximum Gasteiger partial charge on any atom is 0.174 e. The Hall–Kier alpha value is -1.54. The van der Waals surface area contributed by atoms with Gasteiger partial charge in [0, 0.05) is 0 Å². The Morgan fingerprint density at radius 3 is 2.53 bits per heavy atom. The molecule has 0 saturated carbocycles. The highest BCUT2D eigenvalue weighted by Gasteiger charge is 2.11. The van der Waals surface area contributed by atoms with Gasteiger partial charge in [-0.15, -0.1) is 0 Å². The predicted octanol–water partition coefficient (Wildman–Crippen LogP) is 4.37. The molecule has 0 aliphatic rings. The minimum Gasteiger partial charge on any atom is -0.484 e. The fourth-order valence-electron chi connectivity index (χ4n) is 1.49. The smallest absolute Gasteiger partial charge is 0.174 e. The third kappa shape index (κ3) is 2.77. The summed E-state index contributed by atoms with van der Waals surface area (Å²) in [6, 6.07) is 12.6. The predicted molar refractivity (Wildman–Crippen MR) is 66.9 cm³/mol. The SMILES string of the molecule is Cc1ccc(F)c(OCc2ccccc2)c1Cl. The maximum absolute atomic E-state index is 13.5. The molecule has 0 aromatic heterocycles. The third-order valence-corrected chi connectivity index (χ3v) is 2.94. The summed E-state index contributed by atoms with van der Waals surface area (Å²) >= 11 is 6.00. The van der Waals surface area contributed by atoms with E-state index in [2.05, 4.69) is 0 Å². The van der Waals surface area contributed by atoms with Gasteiger partial charge in [-0.2, -0.15) is 0 Å². The first-order valence-electron chi connectivity index (χ1n) is 5.30. The van der Waals surface area contributed by atoms with Crippen LogP contribution in [-0.4, -0.2) is 0 Å². The van der Waals surface area contributed by atoms with E-state index in [1.165, 1.54) is 6.07 Å². The van der Waals surface area contributed by atoms with E-state index in [-0.39, 0.29) is 5.75 Å². The van der Waals surface area contributed by atoms with Gasteiger partial charge in [0.25, 0.3) is 0 Å². The molecule has 0 heterocycles. The zero-order valence-corrected chi connectivity index (χ0v) is 10.2. The molecule has 2 aromatic carbocycles. The van der Waals surface area contributed by atoms with E-state index in [1.54, 1.807) is 6.07 Å². The van der Waals surface area contributed by atoms with E-state index < -0.39 is 5.82 Å². The van der Waals surface area contributed by atoms with Crippen molar-refractivity contribution < 1.29 is 9.13 Å². The Bertz CT molecular complexity index is 511. The number of aryl methyl sites for hydroxylation is 1. The molecule has 0 atom stereocenters.